The molecule has 0 aliphatic carbocycles. The van der Waals surface area contributed by atoms with E-state index in [0.717, 1.165) is 22.9 Å². The van der Waals surface area contributed by atoms with Gasteiger partial charge in [-0.15, -0.1) is 5.10 Å². The van der Waals surface area contributed by atoms with Crippen LogP contribution in [-0.4, -0.2) is 47.3 Å². The van der Waals surface area contributed by atoms with E-state index in [4.69, 9.17) is 9.47 Å². The molecule has 2 aromatic rings. The van der Waals surface area contributed by atoms with Crippen LogP contribution in [0.5, 0.6) is 0 Å². The van der Waals surface area contributed by atoms with Gasteiger partial charge < -0.3 is 14.8 Å². The van der Waals surface area contributed by atoms with Crippen molar-refractivity contribution in [3.8, 4) is 0 Å². The summed E-state index contributed by atoms with van der Waals surface area (Å²) in [5.41, 5.74) is 1.01. The summed E-state index contributed by atoms with van der Waals surface area (Å²) in [7, 11) is 0. The number of amides is 1. The largest absolute Gasteiger partial charge is 0.381 e. The molecule has 1 N–H and O–H groups in total. The van der Waals surface area contributed by atoms with Gasteiger partial charge in [0.2, 0.25) is 0 Å². The number of nitrogens with zero attached hydrogens (tertiary/aromatic N) is 3. The van der Waals surface area contributed by atoms with Gasteiger partial charge in [-0.25, -0.2) is 0 Å². The average Bonchev–Trinajstić information content (AvgIpc) is 3.10. The van der Waals surface area contributed by atoms with Crippen molar-refractivity contribution in [2.45, 2.75) is 31.8 Å². The molecular formula is C19H23BrN4O3. The molecule has 27 heavy (non-hydrogen) atoms. The lowest BCUT2D eigenvalue weighted by atomic mass is 9.82. The van der Waals surface area contributed by atoms with E-state index in [2.05, 4.69) is 44.5 Å². The number of benzene rings is 1. The van der Waals surface area contributed by atoms with Crippen LogP contribution in [0.1, 0.15) is 35.8 Å². The van der Waals surface area contributed by atoms with Gasteiger partial charge in [0.25, 0.3) is 5.91 Å². The highest BCUT2D eigenvalue weighted by Gasteiger charge is 2.37. The fourth-order valence-electron chi connectivity index (χ4n) is 3.69. The first-order chi connectivity index (χ1) is 13.0. The van der Waals surface area contributed by atoms with Crippen LogP contribution in [0.25, 0.3) is 0 Å². The number of hydrogen-bond acceptors (Lipinski definition) is 5. The molecule has 0 bridgehead atoms. The Bertz CT molecular complexity index is 828. The number of rotatable bonds is 5. The van der Waals surface area contributed by atoms with E-state index in [1.165, 1.54) is 0 Å². The molecule has 1 amide bonds. The first kappa shape index (κ1) is 18.6. The topological polar surface area (TPSA) is 78.3 Å². The second-order valence-corrected chi connectivity index (χ2v) is 8.68. The Kier molecular flexibility index (Phi) is 5.05. The summed E-state index contributed by atoms with van der Waals surface area (Å²) in [5, 5.41) is 11.4. The third-order valence-electron chi connectivity index (χ3n) is 5.29. The monoisotopic (exact) mass is 434 g/mol. The summed E-state index contributed by atoms with van der Waals surface area (Å²) >= 11 is 3.53. The van der Waals surface area contributed by atoms with Crippen LogP contribution in [0.3, 0.4) is 0 Å². The summed E-state index contributed by atoms with van der Waals surface area (Å²) in [6, 6.07) is 8.07. The van der Waals surface area contributed by atoms with Crippen molar-refractivity contribution in [2.24, 2.45) is 5.41 Å². The van der Waals surface area contributed by atoms with Crippen molar-refractivity contribution in [1.82, 2.24) is 20.3 Å². The normalized spacial score (nSPS) is 20.7. The van der Waals surface area contributed by atoms with Gasteiger partial charge in [-0.05, 0) is 30.5 Å². The van der Waals surface area contributed by atoms with Crippen molar-refractivity contribution < 1.29 is 14.3 Å². The standard InChI is InChI=1S/C19H23BrN4O3/c1-18(12-27-13-18)11-24-10-16(22-23-24)17(25)21-19(5-7-26-8-6-19)14-3-2-4-15(20)9-14/h2-4,9-10H,5-8,11-13H2,1H3,(H,21,25). The Morgan fingerprint density at radius 1 is 1.30 bits per heavy atom. The van der Waals surface area contributed by atoms with E-state index in [0.29, 0.717) is 38.7 Å². The molecule has 2 saturated heterocycles. The average molecular weight is 435 g/mol. The number of nitrogens with one attached hydrogen (secondary N) is 1. The highest BCUT2D eigenvalue weighted by Crippen LogP contribution is 2.34. The molecule has 1 aromatic heterocycles. The lowest BCUT2D eigenvalue weighted by Crippen LogP contribution is -2.49. The maximum Gasteiger partial charge on any atom is 0.274 e. The first-order valence-electron chi connectivity index (χ1n) is 9.12. The van der Waals surface area contributed by atoms with Gasteiger partial charge in [-0.1, -0.05) is 40.2 Å². The molecule has 1 aromatic carbocycles. The number of ether oxygens (including phenoxy) is 2. The van der Waals surface area contributed by atoms with Crippen LogP contribution >= 0.6 is 15.9 Å². The second kappa shape index (κ2) is 7.33. The van der Waals surface area contributed by atoms with Crippen LogP contribution in [0.4, 0.5) is 0 Å². The lowest BCUT2D eigenvalue weighted by Gasteiger charge is -2.38. The minimum Gasteiger partial charge on any atom is -0.381 e. The van der Waals surface area contributed by atoms with Gasteiger partial charge in [0.15, 0.2) is 5.69 Å². The van der Waals surface area contributed by atoms with Crippen LogP contribution in [0.15, 0.2) is 34.9 Å². The zero-order valence-electron chi connectivity index (χ0n) is 15.3. The highest BCUT2D eigenvalue weighted by atomic mass is 79.9. The highest BCUT2D eigenvalue weighted by molar-refractivity contribution is 9.10. The summed E-state index contributed by atoms with van der Waals surface area (Å²) < 4.78 is 13.5. The predicted molar refractivity (Wildman–Crippen MR) is 102 cm³/mol. The fraction of sp³-hybridized carbons (Fsp3) is 0.526. The second-order valence-electron chi connectivity index (χ2n) is 7.76. The third kappa shape index (κ3) is 3.93. The number of hydrogen-bond donors (Lipinski definition) is 1. The molecule has 8 heteroatoms. The summed E-state index contributed by atoms with van der Waals surface area (Å²) in [4.78, 5) is 12.9. The fourth-order valence-corrected chi connectivity index (χ4v) is 4.09. The predicted octanol–water partition coefficient (Wildman–Crippen LogP) is 2.51. The molecule has 2 fully saturated rings. The molecule has 4 rings (SSSR count). The van der Waals surface area contributed by atoms with E-state index in [1.54, 1.807) is 10.9 Å². The number of halogens is 1. The molecule has 0 saturated carbocycles. The van der Waals surface area contributed by atoms with Gasteiger partial charge >= 0.3 is 0 Å². The van der Waals surface area contributed by atoms with Gasteiger partial charge in [-0.3, -0.25) is 9.48 Å². The molecule has 2 aliphatic heterocycles. The SMILES string of the molecule is CC1(Cn2cc(C(=O)NC3(c4cccc(Br)c4)CCOCC3)nn2)COC1. The van der Waals surface area contributed by atoms with Crippen molar-refractivity contribution in [3.05, 3.63) is 46.2 Å². The molecule has 0 radical (unpaired) electrons. The Morgan fingerprint density at radius 3 is 2.74 bits per heavy atom. The Hall–Kier alpha value is -1.77. The smallest absolute Gasteiger partial charge is 0.274 e. The molecular weight excluding hydrogens is 412 g/mol. The van der Waals surface area contributed by atoms with Crippen molar-refractivity contribution in [1.29, 1.82) is 0 Å². The Balaban J connectivity index is 1.53. The summed E-state index contributed by atoms with van der Waals surface area (Å²) in [6.07, 6.45) is 3.16. The van der Waals surface area contributed by atoms with Crippen LogP contribution in [0, 0.1) is 5.41 Å². The van der Waals surface area contributed by atoms with E-state index in [-0.39, 0.29) is 11.3 Å². The number of carbonyl (C=O) groups excluding carboxylic acids is 1. The van der Waals surface area contributed by atoms with E-state index < -0.39 is 5.54 Å². The van der Waals surface area contributed by atoms with Gasteiger partial charge in [0.05, 0.1) is 31.5 Å². The van der Waals surface area contributed by atoms with Gasteiger partial charge in [0.1, 0.15) is 0 Å². The van der Waals surface area contributed by atoms with Crippen LogP contribution in [0.2, 0.25) is 0 Å². The van der Waals surface area contributed by atoms with Crippen molar-refractivity contribution in [3.63, 3.8) is 0 Å². The van der Waals surface area contributed by atoms with Crippen LogP contribution in [-0.2, 0) is 21.6 Å². The number of carbonyl (C=O) groups is 1. The molecule has 2 aliphatic rings. The quantitative estimate of drug-likeness (QED) is 0.781. The Morgan fingerprint density at radius 2 is 2.07 bits per heavy atom. The summed E-state index contributed by atoms with van der Waals surface area (Å²) in [5.74, 6) is -0.210. The minimum atomic E-state index is -0.462. The van der Waals surface area contributed by atoms with Gasteiger partial charge in [0, 0.05) is 23.1 Å². The van der Waals surface area contributed by atoms with E-state index in [9.17, 15) is 4.79 Å². The maximum absolute atomic E-state index is 12.9. The molecule has 3 heterocycles. The van der Waals surface area contributed by atoms with Crippen molar-refractivity contribution >= 4 is 21.8 Å². The molecule has 7 nitrogen and oxygen atoms in total. The zero-order valence-corrected chi connectivity index (χ0v) is 16.9. The molecule has 0 atom stereocenters. The lowest BCUT2D eigenvalue weighted by molar-refractivity contribution is -0.111. The van der Waals surface area contributed by atoms with E-state index in [1.807, 2.05) is 18.2 Å². The van der Waals surface area contributed by atoms with Crippen molar-refractivity contribution in [2.75, 3.05) is 26.4 Å². The first-order valence-corrected chi connectivity index (χ1v) is 9.92. The minimum absolute atomic E-state index is 0.0691. The zero-order chi connectivity index (χ0) is 18.9. The van der Waals surface area contributed by atoms with Gasteiger partial charge in [-0.2, -0.15) is 0 Å². The van der Waals surface area contributed by atoms with E-state index >= 15 is 0 Å². The molecule has 0 spiro atoms. The summed E-state index contributed by atoms with van der Waals surface area (Å²) in [6.45, 7) is 5.47. The molecule has 0 unspecified atom stereocenters. The maximum atomic E-state index is 12.9. The Labute approximate surface area is 166 Å². The number of aromatic nitrogens is 3. The third-order valence-corrected chi connectivity index (χ3v) is 5.79. The van der Waals surface area contributed by atoms with Crippen LogP contribution < -0.4 is 5.32 Å². The molecule has 144 valence electrons.